The Hall–Kier alpha value is -4.20. The molecule has 5 rings (SSSR count). The van der Waals surface area contributed by atoms with E-state index in [0.29, 0.717) is 42.8 Å². The van der Waals surface area contributed by atoms with E-state index in [1.54, 1.807) is 41.2 Å². The van der Waals surface area contributed by atoms with Gasteiger partial charge in [0.15, 0.2) is 0 Å². The molecule has 3 aromatic carbocycles. The Labute approximate surface area is 221 Å². The number of nitrogens with zero attached hydrogens (tertiary/aromatic N) is 2. The van der Waals surface area contributed by atoms with Crippen LogP contribution in [0.3, 0.4) is 0 Å². The van der Waals surface area contributed by atoms with Crippen molar-refractivity contribution in [1.82, 2.24) is 9.80 Å². The van der Waals surface area contributed by atoms with Crippen molar-refractivity contribution < 1.29 is 23.5 Å². The lowest BCUT2D eigenvalue weighted by Crippen LogP contribution is -2.50. The van der Waals surface area contributed by atoms with Crippen LogP contribution in [0.5, 0.6) is 5.75 Å². The third-order valence-electron chi connectivity index (χ3n) is 7.64. The van der Waals surface area contributed by atoms with Gasteiger partial charge in [0.1, 0.15) is 11.6 Å². The van der Waals surface area contributed by atoms with Crippen LogP contribution in [0.25, 0.3) is 0 Å². The molecule has 0 spiro atoms. The van der Waals surface area contributed by atoms with Crippen LogP contribution >= 0.6 is 0 Å². The molecule has 7 nitrogen and oxygen atoms in total. The van der Waals surface area contributed by atoms with E-state index in [1.807, 2.05) is 36.4 Å². The molecule has 0 aliphatic carbocycles. The normalized spacial score (nSPS) is 19.7. The van der Waals surface area contributed by atoms with Gasteiger partial charge in [-0.3, -0.25) is 14.4 Å². The van der Waals surface area contributed by atoms with Gasteiger partial charge in [0.05, 0.1) is 19.1 Å². The molecule has 2 atom stereocenters. The van der Waals surface area contributed by atoms with Crippen molar-refractivity contribution >= 4 is 17.7 Å². The van der Waals surface area contributed by atoms with E-state index >= 15 is 0 Å². The monoisotopic (exact) mass is 515 g/mol. The molecule has 2 heterocycles. The fraction of sp³-hybridized carbons (Fsp3) is 0.300. The van der Waals surface area contributed by atoms with Crippen molar-refractivity contribution in [2.75, 3.05) is 20.2 Å². The lowest BCUT2D eigenvalue weighted by Gasteiger charge is -2.44. The largest absolute Gasteiger partial charge is 0.497 e. The van der Waals surface area contributed by atoms with Crippen molar-refractivity contribution in [3.63, 3.8) is 0 Å². The van der Waals surface area contributed by atoms with Crippen molar-refractivity contribution in [2.24, 2.45) is 11.7 Å². The van der Waals surface area contributed by atoms with Crippen LogP contribution in [-0.2, 0) is 16.1 Å². The predicted octanol–water partition coefficient (Wildman–Crippen LogP) is 4.04. The van der Waals surface area contributed by atoms with E-state index in [-0.39, 0.29) is 36.0 Å². The molecule has 2 N–H and O–H groups in total. The smallest absolute Gasteiger partial charge is 0.255 e. The zero-order valence-corrected chi connectivity index (χ0v) is 21.2. The fourth-order valence-electron chi connectivity index (χ4n) is 5.57. The highest BCUT2D eigenvalue weighted by Crippen LogP contribution is 2.45. The highest BCUT2D eigenvalue weighted by Gasteiger charge is 2.46. The van der Waals surface area contributed by atoms with Gasteiger partial charge in [-0.25, -0.2) is 4.39 Å². The number of carbonyl (C=O) groups excluding carboxylic acids is 3. The van der Waals surface area contributed by atoms with Crippen LogP contribution in [0.1, 0.15) is 51.8 Å². The molecule has 2 aliphatic heterocycles. The third kappa shape index (κ3) is 4.86. The van der Waals surface area contributed by atoms with Gasteiger partial charge in [0.2, 0.25) is 11.8 Å². The van der Waals surface area contributed by atoms with Gasteiger partial charge in [-0.1, -0.05) is 42.5 Å². The highest BCUT2D eigenvalue weighted by atomic mass is 19.1. The summed E-state index contributed by atoms with van der Waals surface area (Å²) in [4.78, 5) is 43.3. The number of nitrogens with two attached hydrogens (primary N) is 1. The average molecular weight is 516 g/mol. The Morgan fingerprint density at radius 1 is 0.974 bits per heavy atom. The molecule has 0 unspecified atom stereocenters. The first-order valence-electron chi connectivity index (χ1n) is 12.7. The number of likely N-dealkylation sites (tertiary alicyclic amines) is 1. The molecule has 2 aliphatic rings. The van der Waals surface area contributed by atoms with E-state index in [4.69, 9.17) is 10.5 Å². The Balaban J connectivity index is 1.59. The van der Waals surface area contributed by atoms with Crippen LogP contribution in [0.15, 0.2) is 72.8 Å². The average Bonchev–Trinajstić information content (AvgIpc) is 2.95. The molecular weight excluding hydrogens is 485 g/mol. The first-order chi connectivity index (χ1) is 18.4. The van der Waals surface area contributed by atoms with Gasteiger partial charge in [0.25, 0.3) is 5.91 Å². The van der Waals surface area contributed by atoms with E-state index < -0.39 is 12.0 Å². The maximum absolute atomic E-state index is 14.2. The van der Waals surface area contributed by atoms with E-state index in [0.717, 1.165) is 11.1 Å². The topological polar surface area (TPSA) is 92.9 Å². The second-order valence-corrected chi connectivity index (χ2v) is 9.84. The van der Waals surface area contributed by atoms with Crippen LogP contribution in [0.4, 0.5) is 4.39 Å². The number of amides is 3. The molecule has 3 amide bonds. The summed E-state index contributed by atoms with van der Waals surface area (Å²) in [5.41, 5.74) is 8.21. The lowest BCUT2D eigenvalue weighted by atomic mass is 9.78. The van der Waals surface area contributed by atoms with E-state index in [9.17, 15) is 18.8 Å². The second kappa shape index (κ2) is 10.7. The van der Waals surface area contributed by atoms with Crippen molar-refractivity contribution in [1.29, 1.82) is 0 Å². The van der Waals surface area contributed by atoms with E-state index in [2.05, 4.69) is 0 Å². The number of primary amides is 1. The van der Waals surface area contributed by atoms with Gasteiger partial charge in [-0.05, 0) is 59.9 Å². The Kier molecular flexibility index (Phi) is 7.13. The summed E-state index contributed by atoms with van der Waals surface area (Å²) in [6.45, 7) is 1.05. The minimum absolute atomic E-state index is 0.0993. The lowest BCUT2D eigenvalue weighted by molar-refractivity contribution is -0.138. The molecule has 38 heavy (non-hydrogen) atoms. The van der Waals surface area contributed by atoms with E-state index in [1.165, 1.54) is 12.1 Å². The SMILES string of the molecule is COc1ccc([C@@H]2[C@@H](C(=O)N3CCC(C(N)=O)CC3)c3ccccc3C(=O)N2Cc2ccc(F)cc2)cc1. The standard InChI is InChI=1S/C30H30FN3O4/c1-38-23-12-8-20(9-13-23)27-26(30(37)33-16-14-21(15-17-33)28(32)35)24-4-2-3-5-25(24)29(36)34(27)18-19-6-10-22(31)11-7-19/h2-13,21,26-27H,14-18H2,1H3,(H2,32,35)/t26-,27+/m0/s1. The molecule has 0 saturated carbocycles. The summed E-state index contributed by atoms with van der Waals surface area (Å²) >= 11 is 0. The summed E-state index contributed by atoms with van der Waals surface area (Å²) in [6.07, 6.45) is 1.03. The maximum Gasteiger partial charge on any atom is 0.255 e. The number of halogens is 1. The molecule has 0 bridgehead atoms. The van der Waals surface area contributed by atoms with Crippen molar-refractivity contribution in [3.05, 3.63) is 101 Å². The number of hydrogen-bond acceptors (Lipinski definition) is 4. The molecule has 3 aromatic rings. The quantitative estimate of drug-likeness (QED) is 0.536. The first kappa shape index (κ1) is 25.4. The highest BCUT2D eigenvalue weighted by molar-refractivity contribution is 6.01. The number of piperidine rings is 1. The predicted molar refractivity (Wildman–Crippen MR) is 140 cm³/mol. The molecule has 0 aromatic heterocycles. The minimum atomic E-state index is -0.664. The minimum Gasteiger partial charge on any atom is -0.497 e. The fourth-order valence-corrected chi connectivity index (χ4v) is 5.57. The summed E-state index contributed by atoms with van der Waals surface area (Å²) in [5, 5.41) is 0. The first-order valence-corrected chi connectivity index (χ1v) is 12.7. The number of benzene rings is 3. The second-order valence-electron chi connectivity index (χ2n) is 9.84. The summed E-state index contributed by atoms with van der Waals surface area (Å²) in [5.74, 6) is -1.23. The molecule has 1 saturated heterocycles. The maximum atomic E-state index is 14.2. The van der Waals surface area contributed by atoms with Crippen molar-refractivity contribution in [2.45, 2.75) is 31.3 Å². The van der Waals surface area contributed by atoms with Gasteiger partial charge < -0.3 is 20.3 Å². The van der Waals surface area contributed by atoms with Gasteiger partial charge >= 0.3 is 0 Å². The van der Waals surface area contributed by atoms with Gasteiger partial charge in [0, 0.05) is 31.1 Å². The molecule has 1 fully saturated rings. The molecule has 0 radical (unpaired) electrons. The summed E-state index contributed by atoms with van der Waals surface area (Å²) in [6, 6.07) is 20.0. The third-order valence-corrected chi connectivity index (χ3v) is 7.64. The summed E-state index contributed by atoms with van der Waals surface area (Å²) < 4.78 is 19.0. The van der Waals surface area contributed by atoms with Crippen molar-refractivity contribution in [3.8, 4) is 5.75 Å². The molecule has 196 valence electrons. The molecule has 8 heteroatoms. The van der Waals surface area contributed by atoms with Crippen LogP contribution in [0.2, 0.25) is 0 Å². The zero-order valence-electron chi connectivity index (χ0n) is 21.2. The molecular formula is C30H30FN3O4. The zero-order chi connectivity index (χ0) is 26.8. The summed E-state index contributed by atoms with van der Waals surface area (Å²) in [7, 11) is 1.58. The Morgan fingerprint density at radius 3 is 2.26 bits per heavy atom. The Morgan fingerprint density at radius 2 is 1.63 bits per heavy atom. The number of hydrogen-bond donors (Lipinski definition) is 1. The van der Waals surface area contributed by atoms with Crippen LogP contribution in [0, 0.1) is 11.7 Å². The Bertz CT molecular complexity index is 1330. The van der Waals surface area contributed by atoms with Crippen LogP contribution in [-0.4, -0.2) is 47.7 Å². The van der Waals surface area contributed by atoms with Crippen LogP contribution < -0.4 is 10.5 Å². The number of methoxy groups -OCH3 is 1. The number of rotatable bonds is 6. The number of fused-ring (bicyclic) bond motifs is 1. The van der Waals surface area contributed by atoms with Gasteiger partial charge in [-0.15, -0.1) is 0 Å². The number of carbonyl (C=O) groups is 3. The number of ether oxygens (including phenoxy) is 1. The van der Waals surface area contributed by atoms with Gasteiger partial charge in [-0.2, -0.15) is 0 Å².